The van der Waals surface area contributed by atoms with E-state index in [9.17, 15) is 5.11 Å². The van der Waals surface area contributed by atoms with Gasteiger partial charge < -0.3 is 20.5 Å². The van der Waals surface area contributed by atoms with Gasteiger partial charge in [0.25, 0.3) is 0 Å². The molecule has 5 nitrogen and oxygen atoms in total. The first-order valence-corrected chi connectivity index (χ1v) is 9.85. The summed E-state index contributed by atoms with van der Waals surface area (Å²) in [6.07, 6.45) is 3.95. The van der Waals surface area contributed by atoms with Crippen LogP contribution in [-0.4, -0.2) is 44.4 Å². The van der Waals surface area contributed by atoms with E-state index < -0.39 is 0 Å². The number of rotatable bonds is 12. The van der Waals surface area contributed by atoms with E-state index in [0.29, 0.717) is 11.8 Å². The first-order chi connectivity index (χ1) is 12.6. The van der Waals surface area contributed by atoms with Crippen molar-refractivity contribution in [2.75, 3.05) is 33.4 Å². The van der Waals surface area contributed by atoms with Crippen LogP contribution in [0.1, 0.15) is 45.6 Å². The number of nitrogens with one attached hydrogen (secondary N) is 2. The number of aliphatic hydroxyl groups is 1. The molecule has 0 aliphatic heterocycles. The number of hydrogen-bond donors (Lipinski definition) is 3. The molecule has 27 heavy (non-hydrogen) atoms. The van der Waals surface area contributed by atoms with E-state index >= 15 is 0 Å². The molecule has 1 atom stereocenters. The topological polar surface area (TPSA) is 65.9 Å². The smallest absolute Gasteiger partial charge is 0.191 e. The third-order valence-electron chi connectivity index (χ3n) is 4.26. The molecule has 1 aromatic carbocycles. The summed E-state index contributed by atoms with van der Waals surface area (Å²) in [4.78, 5) is 4.72. The minimum atomic E-state index is 0. The number of aliphatic hydroxyl groups excluding tert-OH is 1. The van der Waals surface area contributed by atoms with Gasteiger partial charge in [0.15, 0.2) is 5.96 Å². The second kappa shape index (κ2) is 16.0. The van der Waals surface area contributed by atoms with Crippen LogP contribution >= 0.6 is 24.0 Å². The van der Waals surface area contributed by atoms with Crippen LogP contribution in [0.2, 0.25) is 0 Å². The van der Waals surface area contributed by atoms with Crippen LogP contribution in [0.15, 0.2) is 29.3 Å². The zero-order chi connectivity index (χ0) is 19.2. The van der Waals surface area contributed by atoms with Crippen LogP contribution < -0.4 is 15.4 Å². The highest BCUT2D eigenvalue weighted by Crippen LogP contribution is 2.15. The van der Waals surface area contributed by atoms with Gasteiger partial charge in [-0.15, -0.1) is 24.0 Å². The molecule has 0 saturated heterocycles. The molecule has 0 amide bonds. The molecule has 0 aliphatic rings. The predicted molar refractivity (Wildman–Crippen MR) is 125 cm³/mol. The minimum Gasteiger partial charge on any atom is -0.497 e. The van der Waals surface area contributed by atoms with Gasteiger partial charge in [-0.05, 0) is 62.1 Å². The summed E-state index contributed by atoms with van der Waals surface area (Å²) in [5, 5.41) is 16.0. The van der Waals surface area contributed by atoms with Crippen molar-refractivity contribution in [3.63, 3.8) is 0 Å². The molecule has 0 radical (unpaired) electrons. The molecule has 1 aromatic rings. The van der Waals surface area contributed by atoms with Crippen molar-refractivity contribution >= 4 is 29.9 Å². The maximum atomic E-state index is 9.25. The molecule has 156 valence electrons. The van der Waals surface area contributed by atoms with Crippen LogP contribution in [0.3, 0.4) is 0 Å². The Morgan fingerprint density at radius 2 is 2.04 bits per heavy atom. The molecular formula is C21H38IN3O2. The zero-order valence-electron chi connectivity index (χ0n) is 17.3. The lowest BCUT2D eigenvalue weighted by Crippen LogP contribution is -2.38. The Morgan fingerprint density at radius 3 is 2.67 bits per heavy atom. The molecule has 0 saturated carbocycles. The van der Waals surface area contributed by atoms with E-state index in [1.807, 2.05) is 12.1 Å². The largest absolute Gasteiger partial charge is 0.497 e. The Labute approximate surface area is 182 Å². The Morgan fingerprint density at radius 1 is 1.26 bits per heavy atom. The summed E-state index contributed by atoms with van der Waals surface area (Å²) in [6, 6.07) is 8.22. The number of benzene rings is 1. The molecule has 0 spiro atoms. The first-order valence-electron chi connectivity index (χ1n) is 9.85. The van der Waals surface area contributed by atoms with E-state index in [4.69, 9.17) is 9.73 Å². The lowest BCUT2D eigenvalue weighted by atomic mass is 9.94. The van der Waals surface area contributed by atoms with Gasteiger partial charge in [-0.3, -0.25) is 4.99 Å². The monoisotopic (exact) mass is 491 g/mol. The summed E-state index contributed by atoms with van der Waals surface area (Å²) in [5.74, 6) is 2.84. The summed E-state index contributed by atoms with van der Waals surface area (Å²) >= 11 is 0. The molecular weight excluding hydrogens is 453 g/mol. The zero-order valence-corrected chi connectivity index (χ0v) is 19.7. The number of methoxy groups -OCH3 is 1. The van der Waals surface area contributed by atoms with Gasteiger partial charge in [0.1, 0.15) is 5.75 Å². The van der Waals surface area contributed by atoms with Crippen molar-refractivity contribution in [1.82, 2.24) is 10.6 Å². The molecule has 3 N–H and O–H groups in total. The maximum Gasteiger partial charge on any atom is 0.191 e. The third kappa shape index (κ3) is 12.1. The van der Waals surface area contributed by atoms with Gasteiger partial charge >= 0.3 is 0 Å². The lowest BCUT2D eigenvalue weighted by Gasteiger charge is -2.17. The van der Waals surface area contributed by atoms with Crippen molar-refractivity contribution in [2.45, 2.75) is 46.5 Å². The van der Waals surface area contributed by atoms with Crippen molar-refractivity contribution < 1.29 is 9.84 Å². The number of hydrogen-bond acceptors (Lipinski definition) is 3. The number of guanidine groups is 1. The van der Waals surface area contributed by atoms with Crippen molar-refractivity contribution in [1.29, 1.82) is 0 Å². The van der Waals surface area contributed by atoms with Gasteiger partial charge in [0.05, 0.1) is 7.11 Å². The highest BCUT2D eigenvalue weighted by Gasteiger charge is 2.10. The minimum absolute atomic E-state index is 0. The summed E-state index contributed by atoms with van der Waals surface area (Å²) in [7, 11) is 1.70. The van der Waals surface area contributed by atoms with E-state index in [2.05, 4.69) is 43.5 Å². The molecule has 1 unspecified atom stereocenters. The highest BCUT2D eigenvalue weighted by molar-refractivity contribution is 14.0. The van der Waals surface area contributed by atoms with E-state index in [1.54, 1.807) is 7.11 Å². The Kier molecular flexibility index (Phi) is 15.4. The van der Waals surface area contributed by atoms with Gasteiger partial charge in [-0.25, -0.2) is 0 Å². The van der Waals surface area contributed by atoms with Gasteiger partial charge in [-0.1, -0.05) is 26.0 Å². The van der Waals surface area contributed by atoms with Crippen LogP contribution in [-0.2, 0) is 6.42 Å². The average Bonchev–Trinajstić information content (AvgIpc) is 2.62. The van der Waals surface area contributed by atoms with Crippen molar-refractivity contribution in [3.8, 4) is 5.75 Å². The quantitative estimate of drug-likeness (QED) is 0.180. The molecule has 0 bridgehead atoms. The number of aryl methyl sites for hydroxylation is 1. The first kappa shape index (κ1) is 26.0. The fourth-order valence-corrected chi connectivity index (χ4v) is 3.02. The summed E-state index contributed by atoms with van der Waals surface area (Å²) < 4.78 is 5.27. The standard InChI is InChI=1S/C21H37N3O2.HI/c1-5-22-21(24-16-19(11-13-25)14-17(2)3)23-12-7-9-18-8-6-10-20(15-18)26-4;/h6,8,10,15,17,19,25H,5,7,9,11-14,16H2,1-4H3,(H2,22,23,24);1H. The van der Waals surface area contributed by atoms with Crippen LogP contribution in [0.25, 0.3) is 0 Å². The Hall–Kier alpha value is -1.02. The van der Waals surface area contributed by atoms with Crippen LogP contribution in [0.5, 0.6) is 5.75 Å². The number of nitrogens with zero attached hydrogens (tertiary/aromatic N) is 1. The van der Waals surface area contributed by atoms with Gasteiger partial charge in [0.2, 0.25) is 0 Å². The van der Waals surface area contributed by atoms with E-state index in [-0.39, 0.29) is 30.6 Å². The van der Waals surface area contributed by atoms with Crippen molar-refractivity contribution in [3.05, 3.63) is 29.8 Å². The molecule has 6 heteroatoms. The van der Waals surface area contributed by atoms with E-state index in [0.717, 1.165) is 57.0 Å². The van der Waals surface area contributed by atoms with E-state index in [1.165, 1.54) is 5.56 Å². The Bertz CT molecular complexity index is 524. The average molecular weight is 491 g/mol. The predicted octanol–water partition coefficient (Wildman–Crippen LogP) is 3.85. The summed E-state index contributed by atoms with van der Waals surface area (Å²) in [6.45, 7) is 9.22. The molecule has 0 aromatic heterocycles. The SMILES string of the molecule is CCNC(=NCC(CCO)CC(C)C)NCCCc1cccc(OC)c1.I. The lowest BCUT2D eigenvalue weighted by molar-refractivity contribution is 0.245. The molecule has 0 heterocycles. The van der Waals surface area contributed by atoms with Crippen molar-refractivity contribution in [2.24, 2.45) is 16.8 Å². The fraction of sp³-hybridized carbons (Fsp3) is 0.667. The molecule has 0 fully saturated rings. The van der Waals surface area contributed by atoms with Gasteiger partial charge in [0, 0.05) is 26.2 Å². The number of halogens is 1. The second-order valence-electron chi connectivity index (χ2n) is 7.11. The second-order valence-corrected chi connectivity index (χ2v) is 7.11. The third-order valence-corrected chi connectivity index (χ3v) is 4.26. The van der Waals surface area contributed by atoms with Gasteiger partial charge in [-0.2, -0.15) is 0 Å². The number of aliphatic imine (C=N–C) groups is 1. The van der Waals surface area contributed by atoms with Crippen LogP contribution in [0, 0.1) is 11.8 Å². The Balaban J connectivity index is 0.00000676. The number of ether oxygens (including phenoxy) is 1. The fourth-order valence-electron chi connectivity index (χ4n) is 3.02. The molecule has 1 rings (SSSR count). The maximum absolute atomic E-state index is 9.25. The summed E-state index contributed by atoms with van der Waals surface area (Å²) in [5.41, 5.74) is 1.29. The molecule has 0 aliphatic carbocycles. The highest BCUT2D eigenvalue weighted by atomic mass is 127. The normalized spacial score (nSPS) is 12.4. The van der Waals surface area contributed by atoms with Crippen LogP contribution in [0.4, 0.5) is 0 Å².